The molecule has 3 heteroatoms. The molecule has 48 heavy (non-hydrogen) atoms. The number of aliphatic imine (C=N–C) groups is 2. The summed E-state index contributed by atoms with van der Waals surface area (Å²) in [5, 5.41) is 0. The second kappa shape index (κ2) is 29.0. The minimum atomic E-state index is 0. The van der Waals surface area contributed by atoms with Crippen molar-refractivity contribution in [3.05, 3.63) is 70.8 Å². The first kappa shape index (κ1) is 44.2. The molecule has 0 spiro atoms. The third kappa shape index (κ3) is 19.4. The van der Waals surface area contributed by atoms with Gasteiger partial charge < -0.3 is 0 Å². The van der Waals surface area contributed by atoms with Gasteiger partial charge in [0.15, 0.2) is 0 Å². The van der Waals surface area contributed by atoms with E-state index in [9.17, 15) is 0 Å². The summed E-state index contributed by atoms with van der Waals surface area (Å²) in [7, 11) is 0. The van der Waals surface area contributed by atoms with Gasteiger partial charge in [0.25, 0.3) is 0 Å². The molecule has 0 aromatic heterocycles. The maximum Gasteiger partial charge on any atom is 0.0848 e. The van der Waals surface area contributed by atoms with Crippen molar-refractivity contribution in [2.45, 2.75) is 189 Å². The molecule has 0 aliphatic carbocycles. The van der Waals surface area contributed by atoms with Gasteiger partial charge in [0.1, 0.15) is 0 Å². The molecule has 0 radical (unpaired) electrons. The molecule has 0 heterocycles. The van der Waals surface area contributed by atoms with E-state index in [0.29, 0.717) is 0 Å². The number of hydrogen-bond donors (Lipinski definition) is 0. The maximum atomic E-state index is 5.52. The van der Waals surface area contributed by atoms with Crippen LogP contribution in [0.2, 0.25) is 0 Å². The fourth-order valence-corrected chi connectivity index (χ4v) is 6.23. The van der Waals surface area contributed by atoms with E-state index in [1.165, 1.54) is 131 Å². The zero-order valence-electron chi connectivity index (χ0n) is 32.1. The predicted molar refractivity (Wildman–Crippen MR) is 213 cm³/mol. The SMILES string of the molecule is CCCCC/C=C/C(=N\c1cc(CCCC)cc(CCCC)c1)C(/CCCCCCCC)=N/c1cc(CCCC)cc(CCCC)c1.[Pd]. The van der Waals surface area contributed by atoms with Gasteiger partial charge >= 0.3 is 0 Å². The molecule has 0 N–H and O–H groups in total. The summed E-state index contributed by atoms with van der Waals surface area (Å²) in [4.78, 5) is 11.0. The van der Waals surface area contributed by atoms with Crippen molar-refractivity contribution in [3.63, 3.8) is 0 Å². The predicted octanol–water partition coefficient (Wildman–Crippen LogP) is 14.8. The monoisotopic (exact) mass is 746 g/mol. The first-order chi connectivity index (χ1) is 23.1. The first-order valence-electron chi connectivity index (χ1n) is 20.1. The van der Waals surface area contributed by atoms with Crippen LogP contribution in [0.4, 0.5) is 11.4 Å². The first-order valence-corrected chi connectivity index (χ1v) is 20.1. The van der Waals surface area contributed by atoms with Gasteiger partial charge in [-0.15, -0.1) is 0 Å². The molecule has 0 aliphatic rings. The fourth-order valence-electron chi connectivity index (χ4n) is 6.23. The van der Waals surface area contributed by atoms with Gasteiger partial charge in [0, 0.05) is 20.4 Å². The molecule has 2 aromatic carbocycles. The van der Waals surface area contributed by atoms with Crippen LogP contribution in [-0.4, -0.2) is 11.4 Å². The molecule has 0 aliphatic heterocycles. The summed E-state index contributed by atoms with van der Waals surface area (Å²) in [6.07, 6.45) is 32.6. The van der Waals surface area contributed by atoms with Crippen LogP contribution in [0.25, 0.3) is 0 Å². The number of hydrogen-bond acceptors (Lipinski definition) is 2. The number of aryl methyl sites for hydroxylation is 4. The van der Waals surface area contributed by atoms with Crippen molar-refractivity contribution < 1.29 is 20.4 Å². The molecule has 0 amide bonds. The van der Waals surface area contributed by atoms with Crippen LogP contribution in [0.1, 0.15) is 186 Å². The van der Waals surface area contributed by atoms with E-state index in [1.807, 2.05) is 0 Å². The van der Waals surface area contributed by atoms with Crippen molar-refractivity contribution in [2.24, 2.45) is 9.98 Å². The van der Waals surface area contributed by atoms with Crippen LogP contribution >= 0.6 is 0 Å². The molecular weight excluding hydrogens is 675 g/mol. The third-order valence-corrected chi connectivity index (χ3v) is 9.18. The Labute approximate surface area is 311 Å². The molecule has 2 rings (SSSR count). The van der Waals surface area contributed by atoms with Crippen LogP contribution in [0.5, 0.6) is 0 Å². The van der Waals surface area contributed by atoms with Crippen LogP contribution < -0.4 is 0 Å². The van der Waals surface area contributed by atoms with Gasteiger partial charge in [-0.25, -0.2) is 4.99 Å². The summed E-state index contributed by atoms with van der Waals surface area (Å²) >= 11 is 0. The number of benzene rings is 2. The summed E-state index contributed by atoms with van der Waals surface area (Å²) in [5.74, 6) is 0. The van der Waals surface area contributed by atoms with Gasteiger partial charge in [-0.3, -0.25) is 4.99 Å². The van der Waals surface area contributed by atoms with Crippen LogP contribution in [0.3, 0.4) is 0 Å². The molecule has 0 fully saturated rings. The van der Waals surface area contributed by atoms with E-state index in [-0.39, 0.29) is 20.4 Å². The Morgan fingerprint density at radius 2 is 0.854 bits per heavy atom. The normalized spacial score (nSPS) is 12.2. The summed E-state index contributed by atoms with van der Waals surface area (Å²) in [5.41, 5.74) is 10.2. The van der Waals surface area contributed by atoms with Crippen LogP contribution in [0.15, 0.2) is 58.5 Å². The quantitative estimate of drug-likeness (QED) is 0.0494. The van der Waals surface area contributed by atoms with Crippen LogP contribution in [-0.2, 0) is 46.1 Å². The van der Waals surface area contributed by atoms with Crippen molar-refractivity contribution in [2.75, 3.05) is 0 Å². The van der Waals surface area contributed by atoms with Gasteiger partial charge in [0.05, 0.1) is 22.8 Å². The number of unbranched alkanes of at least 4 members (excludes halogenated alkanes) is 12. The zero-order valence-corrected chi connectivity index (χ0v) is 33.6. The smallest absolute Gasteiger partial charge is 0.0848 e. The largest absolute Gasteiger partial charge is 0.251 e. The Morgan fingerprint density at radius 1 is 0.458 bits per heavy atom. The maximum absolute atomic E-state index is 5.52. The Bertz CT molecular complexity index is 1140. The Kier molecular flexibility index (Phi) is 26.7. The van der Waals surface area contributed by atoms with Gasteiger partial charge in [-0.2, -0.15) is 0 Å². The van der Waals surface area contributed by atoms with Crippen molar-refractivity contribution in [3.8, 4) is 0 Å². The molecule has 2 aromatic rings. The van der Waals surface area contributed by atoms with Crippen molar-refractivity contribution in [1.82, 2.24) is 0 Å². The Hall–Kier alpha value is -1.82. The molecule has 0 unspecified atom stereocenters. The van der Waals surface area contributed by atoms with Crippen molar-refractivity contribution >= 4 is 22.8 Å². The molecule has 0 atom stereocenters. The van der Waals surface area contributed by atoms with E-state index < -0.39 is 0 Å². The van der Waals surface area contributed by atoms with Gasteiger partial charge in [-0.1, -0.05) is 130 Å². The second-order valence-corrected chi connectivity index (χ2v) is 13.9. The average molecular weight is 748 g/mol. The fraction of sp³-hybridized carbons (Fsp3) is 0.644. The molecule has 0 saturated carbocycles. The van der Waals surface area contributed by atoms with Gasteiger partial charge in [0.2, 0.25) is 0 Å². The topological polar surface area (TPSA) is 24.7 Å². The van der Waals surface area contributed by atoms with Gasteiger partial charge in [-0.05, 0) is 130 Å². The van der Waals surface area contributed by atoms with Crippen molar-refractivity contribution in [1.29, 1.82) is 0 Å². The number of nitrogens with zero attached hydrogens (tertiary/aromatic N) is 2. The minimum Gasteiger partial charge on any atom is -0.251 e. The standard InChI is InChI=1S/C45H72N2.Pd/c1-7-13-19-21-23-25-31-45(47-43-36-40(28-17-11-5)33-41(37-43)29-18-12-6)44(30-24-22-20-14-8-2)46-42-34-38(26-15-9-3)32-39(35-42)27-16-10-4;/h24,30,32-37H,7-23,25-29,31H2,1-6H3;/b30-24+,46-44+,47-45+;. The second-order valence-electron chi connectivity index (χ2n) is 13.9. The van der Waals surface area contributed by atoms with E-state index >= 15 is 0 Å². The van der Waals surface area contributed by atoms with E-state index in [4.69, 9.17) is 9.98 Å². The minimum absolute atomic E-state index is 0. The van der Waals surface area contributed by atoms with E-state index in [1.54, 1.807) is 0 Å². The third-order valence-electron chi connectivity index (χ3n) is 9.18. The molecule has 272 valence electrons. The molecule has 2 nitrogen and oxygen atoms in total. The van der Waals surface area contributed by atoms with E-state index in [0.717, 1.165) is 61.3 Å². The average Bonchev–Trinajstić information content (AvgIpc) is 3.08. The summed E-state index contributed by atoms with van der Waals surface area (Å²) in [6, 6.07) is 14.3. The summed E-state index contributed by atoms with van der Waals surface area (Å²) in [6.45, 7) is 13.7. The number of rotatable bonds is 27. The Morgan fingerprint density at radius 3 is 1.31 bits per heavy atom. The molecule has 0 bridgehead atoms. The molecule has 0 saturated heterocycles. The zero-order chi connectivity index (χ0) is 34.0. The van der Waals surface area contributed by atoms with Crippen LogP contribution in [0, 0.1) is 0 Å². The molecular formula is C45H72N2Pd. The van der Waals surface area contributed by atoms with E-state index in [2.05, 4.69) is 90.1 Å². The number of allylic oxidation sites excluding steroid dienone is 2. The summed E-state index contributed by atoms with van der Waals surface area (Å²) < 4.78 is 0. The Balaban J connectivity index is 0.0000115.